The Labute approximate surface area is 92.5 Å². The third-order valence-corrected chi connectivity index (χ3v) is 3.73. The van der Waals surface area contributed by atoms with Gasteiger partial charge in [-0.25, -0.2) is 0 Å². The summed E-state index contributed by atoms with van der Waals surface area (Å²) in [5.41, 5.74) is 0. The minimum absolute atomic E-state index is 0.0457. The van der Waals surface area contributed by atoms with Crippen molar-refractivity contribution in [1.29, 1.82) is 0 Å². The Morgan fingerprint density at radius 1 is 1.13 bits per heavy atom. The predicted octanol–water partition coefficient (Wildman–Crippen LogP) is 1.92. The molecule has 3 nitrogen and oxygen atoms in total. The van der Waals surface area contributed by atoms with Crippen LogP contribution in [-0.2, 0) is 9.47 Å². The predicted molar refractivity (Wildman–Crippen MR) is 59.7 cm³/mol. The molecule has 15 heavy (non-hydrogen) atoms. The second kappa shape index (κ2) is 5.83. The molecule has 0 aromatic heterocycles. The van der Waals surface area contributed by atoms with Crippen molar-refractivity contribution in [1.82, 2.24) is 5.32 Å². The van der Waals surface area contributed by atoms with Crippen LogP contribution >= 0.6 is 0 Å². The Bertz CT molecular complexity index is 174. The largest absolute Gasteiger partial charge is 0.350 e. The molecule has 2 fully saturated rings. The first-order valence-corrected chi connectivity index (χ1v) is 6.30. The lowest BCUT2D eigenvalue weighted by Crippen LogP contribution is -2.38. The normalized spacial score (nSPS) is 27.0. The second-order valence-electron chi connectivity index (χ2n) is 4.70. The molecule has 2 aliphatic rings. The van der Waals surface area contributed by atoms with Crippen molar-refractivity contribution in [3.05, 3.63) is 0 Å². The van der Waals surface area contributed by atoms with Crippen LogP contribution in [0.4, 0.5) is 0 Å². The zero-order chi connectivity index (χ0) is 10.5. The molecule has 0 amide bonds. The summed E-state index contributed by atoms with van der Waals surface area (Å²) < 4.78 is 11.0. The van der Waals surface area contributed by atoms with Gasteiger partial charge in [0.15, 0.2) is 6.29 Å². The number of rotatable bonds is 4. The van der Waals surface area contributed by atoms with E-state index < -0.39 is 0 Å². The van der Waals surface area contributed by atoms with Gasteiger partial charge in [-0.3, -0.25) is 0 Å². The molecule has 1 N–H and O–H groups in total. The zero-order valence-corrected chi connectivity index (χ0v) is 9.71. The molecule has 0 bridgehead atoms. The topological polar surface area (TPSA) is 30.5 Å². The molecule has 1 heterocycles. The summed E-state index contributed by atoms with van der Waals surface area (Å²) in [6.45, 7) is 1.54. The molecule has 1 saturated heterocycles. The second-order valence-corrected chi connectivity index (χ2v) is 4.70. The molecular formula is C12H23NO2. The van der Waals surface area contributed by atoms with Crippen LogP contribution in [0.25, 0.3) is 0 Å². The molecule has 1 saturated carbocycles. The van der Waals surface area contributed by atoms with Crippen molar-refractivity contribution in [3.8, 4) is 0 Å². The Hall–Kier alpha value is -0.120. The van der Waals surface area contributed by atoms with Gasteiger partial charge in [-0.2, -0.15) is 0 Å². The Morgan fingerprint density at radius 3 is 2.40 bits per heavy atom. The molecule has 0 spiro atoms. The highest BCUT2D eigenvalue weighted by atomic mass is 16.7. The number of hydrogen-bond donors (Lipinski definition) is 1. The van der Waals surface area contributed by atoms with Crippen molar-refractivity contribution < 1.29 is 9.47 Å². The summed E-state index contributed by atoms with van der Waals surface area (Å²) in [6, 6.07) is 0.577. The molecule has 0 aromatic carbocycles. The monoisotopic (exact) mass is 213 g/mol. The lowest BCUT2D eigenvalue weighted by molar-refractivity contribution is -0.0570. The molecular weight excluding hydrogens is 190 g/mol. The lowest BCUT2D eigenvalue weighted by atomic mass is 9.82. The summed E-state index contributed by atoms with van der Waals surface area (Å²) in [5, 5.41) is 3.44. The molecule has 1 unspecified atom stereocenters. The summed E-state index contributed by atoms with van der Waals surface area (Å²) >= 11 is 0. The molecule has 1 aliphatic heterocycles. The number of nitrogens with one attached hydrogen (secondary N) is 1. The zero-order valence-electron chi connectivity index (χ0n) is 9.71. The van der Waals surface area contributed by atoms with E-state index in [-0.39, 0.29) is 6.29 Å². The fourth-order valence-corrected chi connectivity index (χ4v) is 2.83. The van der Waals surface area contributed by atoms with E-state index in [1.807, 2.05) is 0 Å². The highest BCUT2D eigenvalue weighted by Crippen LogP contribution is 2.29. The maximum absolute atomic E-state index is 5.51. The van der Waals surface area contributed by atoms with Crippen molar-refractivity contribution in [2.24, 2.45) is 5.92 Å². The third-order valence-electron chi connectivity index (χ3n) is 3.73. The van der Waals surface area contributed by atoms with E-state index in [0.717, 1.165) is 25.6 Å². The average Bonchev–Trinajstić information content (AvgIpc) is 2.80. The van der Waals surface area contributed by atoms with Gasteiger partial charge >= 0.3 is 0 Å². The summed E-state index contributed by atoms with van der Waals surface area (Å²) in [6.07, 6.45) is 8.02. The third kappa shape index (κ3) is 3.16. The van der Waals surface area contributed by atoms with Crippen LogP contribution in [0.3, 0.4) is 0 Å². The van der Waals surface area contributed by atoms with Gasteiger partial charge in [0.2, 0.25) is 0 Å². The summed E-state index contributed by atoms with van der Waals surface area (Å²) in [5.74, 6) is 0.830. The quantitative estimate of drug-likeness (QED) is 0.774. The van der Waals surface area contributed by atoms with Crippen molar-refractivity contribution >= 4 is 0 Å². The lowest BCUT2D eigenvalue weighted by Gasteiger charge is -2.31. The van der Waals surface area contributed by atoms with Crippen molar-refractivity contribution in [3.63, 3.8) is 0 Å². The minimum atomic E-state index is 0.0457. The fourth-order valence-electron chi connectivity index (χ4n) is 2.83. The molecule has 0 radical (unpaired) electrons. The van der Waals surface area contributed by atoms with Crippen LogP contribution in [0.1, 0.15) is 38.5 Å². The Morgan fingerprint density at radius 2 is 1.80 bits per heavy atom. The number of ether oxygens (including phenoxy) is 2. The van der Waals surface area contributed by atoms with Crippen LogP contribution in [-0.4, -0.2) is 32.6 Å². The van der Waals surface area contributed by atoms with E-state index in [4.69, 9.17) is 9.47 Å². The molecule has 2 rings (SSSR count). The standard InChI is InChI=1S/C12H23NO2/c1-13-11(9-12-14-7-8-15-12)10-5-3-2-4-6-10/h10-13H,2-9H2,1H3. The molecule has 88 valence electrons. The SMILES string of the molecule is CNC(CC1OCCO1)C1CCCCC1. The van der Waals surface area contributed by atoms with Gasteiger partial charge in [0.25, 0.3) is 0 Å². The van der Waals surface area contributed by atoms with Crippen LogP contribution in [0, 0.1) is 5.92 Å². The number of hydrogen-bond acceptors (Lipinski definition) is 3. The highest BCUT2D eigenvalue weighted by Gasteiger charge is 2.27. The van der Waals surface area contributed by atoms with Gasteiger partial charge in [-0.1, -0.05) is 19.3 Å². The van der Waals surface area contributed by atoms with Crippen LogP contribution < -0.4 is 5.32 Å². The maximum Gasteiger partial charge on any atom is 0.159 e. The van der Waals surface area contributed by atoms with Gasteiger partial charge in [0.1, 0.15) is 0 Å². The molecule has 1 aliphatic carbocycles. The Kier molecular flexibility index (Phi) is 4.42. The van der Waals surface area contributed by atoms with E-state index >= 15 is 0 Å². The highest BCUT2D eigenvalue weighted by molar-refractivity contribution is 4.79. The van der Waals surface area contributed by atoms with Gasteiger partial charge in [0, 0.05) is 12.5 Å². The molecule has 3 heteroatoms. The van der Waals surface area contributed by atoms with Gasteiger partial charge in [-0.15, -0.1) is 0 Å². The van der Waals surface area contributed by atoms with Gasteiger partial charge in [-0.05, 0) is 25.8 Å². The van der Waals surface area contributed by atoms with Crippen LogP contribution in [0.2, 0.25) is 0 Å². The first kappa shape index (κ1) is 11.4. The maximum atomic E-state index is 5.51. The van der Waals surface area contributed by atoms with Crippen molar-refractivity contribution in [2.45, 2.75) is 50.9 Å². The summed E-state index contributed by atoms with van der Waals surface area (Å²) in [7, 11) is 2.06. The minimum Gasteiger partial charge on any atom is -0.350 e. The first-order chi connectivity index (χ1) is 7.40. The average molecular weight is 213 g/mol. The first-order valence-electron chi connectivity index (χ1n) is 6.30. The molecule has 0 aromatic rings. The van der Waals surface area contributed by atoms with Crippen LogP contribution in [0.15, 0.2) is 0 Å². The summed E-state index contributed by atoms with van der Waals surface area (Å²) in [4.78, 5) is 0. The van der Waals surface area contributed by atoms with Crippen molar-refractivity contribution in [2.75, 3.05) is 20.3 Å². The fraction of sp³-hybridized carbons (Fsp3) is 1.00. The van der Waals surface area contributed by atoms with E-state index in [1.165, 1.54) is 32.1 Å². The van der Waals surface area contributed by atoms with E-state index in [9.17, 15) is 0 Å². The van der Waals surface area contributed by atoms with Crippen LogP contribution in [0.5, 0.6) is 0 Å². The van der Waals surface area contributed by atoms with Gasteiger partial charge < -0.3 is 14.8 Å². The molecule has 1 atom stereocenters. The van der Waals surface area contributed by atoms with Gasteiger partial charge in [0.05, 0.1) is 13.2 Å². The van der Waals surface area contributed by atoms with E-state index in [1.54, 1.807) is 0 Å². The Balaban J connectivity index is 1.79. The van der Waals surface area contributed by atoms with E-state index in [2.05, 4.69) is 12.4 Å². The van der Waals surface area contributed by atoms with E-state index in [0.29, 0.717) is 6.04 Å². The smallest absolute Gasteiger partial charge is 0.159 e.